The number of carbonyl (C=O) groups excluding carboxylic acids is 1. The Morgan fingerprint density at radius 2 is 1.83 bits per heavy atom. The molecule has 1 heterocycles. The molecular weight excluding hydrogens is 380 g/mol. The summed E-state index contributed by atoms with van der Waals surface area (Å²) in [5.41, 5.74) is 3.17. The van der Waals surface area contributed by atoms with Gasteiger partial charge in [0.1, 0.15) is 6.54 Å². The van der Waals surface area contributed by atoms with Crippen molar-refractivity contribution in [3.63, 3.8) is 0 Å². The topological polar surface area (TPSA) is 62.7 Å². The summed E-state index contributed by atoms with van der Waals surface area (Å²) in [6.07, 6.45) is 0. The van der Waals surface area contributed by atoms with E-state index in [0.717, 1.165) is 27.5 Å². The van der Waals surface area contributed by atoms with Crippen molar-refractivity contribution in [1.82, 2.24) is 20.1 Å². The zero-order valence-electron chi connectivity index (χ0n) is 16.3. The maximum absolute atomic E-state index is 12.8. The Morgan fingerprint density at radius 3 is 2.62 bits per heavy atom. The van der Waals surface area contributed by atoms with E-state index in [4.69, 9.17) is 12.2 Å². The second-order valence-electron chi connectivity index (χ2n) is 7.16. The number of nitrogens with zero attached hydrogens (tertiary/aromatic N) is 2. The molecule has 1 aromatic heterocycles. The fourth-order valence-corrected chi connectivity index (χ4v) is 3.72. The number of hydrogen-bond donors (Lipinski definition) is 2. The molecule has 1 atom stereocenters. The van der Waals surface area contributed by atoms with Gasteiger partial charge in [-0.25, -0.2) is 0 Å². The van der Waals surface area contributed by atoms with E-state index in [-0.39, 0.29) is 18.5 Å². The standard InChI is InChI=1S/C23H22N4OS/c1-15-10-12-18(13-11-15)22-25-26-23(29)27(22)14-21(28)24-16(2)19-9-5-7-17-6-3-4-8-20(17)19/h3-13,16H,14H2,1-2H3,(H,24,28)(H,26,29). The molecule has 2 N–H and O–H groups in total. The zero-order valence-corrected chi connectivity index (χ0v) is 17.2. The number of aromatic nitrogens is 3. The fraction of sp³-hybridized carbons (Fsp3) is 0.174. The molecule has 0 radical (unpaired) electrons. The summed E-state index contributed by atoms with van der Waals surface area (Å²) in [5, 5.41) is 12.5. The van der Waals surface area contributed by atoms with Gasteiger partial charge in [-0.2, -0.15) is 5.10 Å². The number of fused-ring (bicyclic) bond motifs is 1. The van der Waals surface area contributed by atoms with Gasteiger partial charge in [-0.1, -0.05) is 72.3 Å². The molecule has 1 unspecified atom stereocenters. The highest BCUT2D eigenvalue weighted by atomic mass is 32.1. The Labute approximate surface area is 174 Å². The molecule has 5 nitrogen and oxygen atoms in total. The monoisotopic (exact) mass is 402 g/mol. The van der Waals surface area contributed by atoms with Crippen LogP contribution >= 0.6 is 12.2 Å². The molecule has 0 bridgehead atoms. The molecule has 0 saturated carbocycles. The summed E-state index contributed by atoms with van der Waals surface area (Å²) in [7, 11) is 0. The van der Waals surface area contributed by atoms with Crippen LogP contribution in [0, 0.1) is 11.7 Å². The molecule has 0 aliphatic rings. The van der Waals surface area contributed by atoms with Crippen molar-refractivity contribution >= 4 is 28.9 Å². The molecule has 0 saturated heterocycles. The van der Waals surface area contributed by atoms with Gasteiger partial charge in [0.15, 0.2) is 10.6 Å². The first-order valence-electron chi connectivity index (χ1n) is 9.52. The van der Waals surface area contributed by atoms with Gasteiger partial charge < -0.3 is 5.32 Å². The maximum atomic E-state index is 12.8. The SMILES string of the molecule is Cc1ccc(-c2n[nH]c(=S)n2CC(=O)NC(C)c2cccc3ccccc23)cc1. The maximum Gasteiger partial charge on any atom is 0.240 e. The van der Waals surface area contributed by atoms with E-state index in [9.17, 15) is 4.79 Å². The van der Waals surface area contributed by atoms with Crippen LogP contribution in [0.2, 0.25) is 0 Å². The van der Waals surface area contributed by atoms with E-state index >= 15 is 0 Å². The number of benzene rings is 3. The van der Waals surface area contributed by atoms with Crippen molar-refractivity contribution in [3.8, 4) is 11.4 Å². The van der Waals surface area contributed by atoms with Crippen LogP contribution in [0.3, 0.4) is 0 Å². The summed E-state index contributed by atoms with van der Waals surface area (Å²) in [6, 6.07) is 22.2. The van der Waals surface area contributed by atoms with Gasteiger partial charge in [-0.3, -0.25) is 14.5 Å². The summed E-state index contributed by atoms with van der Waals surface area (Å²) >= 11 is 5.35. The molecule has 146 valence electrons. The second kappa shape index (κ2) is 8.01. The first-order chi connectivity index (χ1) is 14.0. The quantitative estimate of drug-likeness (QED) is 0.465. The summed E-state index contributed by atoms with van der Waals surface area (Å²) in [5.74, 6) is 0.541. The summed E-state index contributed by atoms with van der Waals surface area (Å²) < 4.78 is 2.15. The van der Waals surface area contributed by atoms with Crippen LogP contribution < -0.4 is 5.32 Å². The lowest BCUT2D eigenvalue weighted by molar-refractivity contribution is -0.122. The second-order valence-corrected chi connectivity index (χ2v) is 7.55. The van der Waals surface area contributed by atoms with Crippen LogP contribution in [0.5, 0.6) is 0 Å². The van der Waals surface area contributed by atoms with Crippen LogP contribution in [0.4, 0.5) is 0 Å². The minimum absolute atomic E-state index is 0.105. The first kappa shape index (κ1) is 19.1. The van der Waals surface area contributed by atoms with Crippen LogP contribution in [0.15, 0.2) is 66.7 Å². The van der Waals surface area contributed by atoms with Gasteiger partial charge >= 0.3 is 0 Å². The van der Waals surface area contributed by atoms with Crippen molar-refractivity contribution < 1.29 is 4.79 Å². The van der Waals surface area contributed by atoms with Crippen LogP contribution in [-0.2, 0) is 11.3 Å². The third kappa shape index (κ3) is 3.98. The van der Waals surface area contributed by atoms with Crippen LogP contribution in [0.25, 0.3) is 22.2 Å². The highest BCUT2D eigenvalue weighted by Gasteiger charge is 2.16. The Hall–Kier alpha value is -3.25. The number of H-pyrrole nitrogens is 1. The van der Waals surface area contributed by atoms with Crippen molar-refractivity contribution in [1.29, 1.82) is 0 Å². The van der Waals surface area contributed by atoms with E-state index in [1.165, 1.54) is 0 Å². The van der Waals surface area contributed by atoms with Crippen molar-refractivity contribution in [2.24, 2.45) is 0 Å². The Kier molecular flexibility index (Phi) is 5.27. The molecule has 29 heavy (non-hydrogen) atoms. The third-order valence-electron chi connectivity index (χ3n) is 5.04. The molecule has 1 amide bonds. The molecular formula is C23H22N4OS. The van der Waals surface area contributed by atoms with Gasteiger partial charge in [-0.15, -0.1) is 0 Å². The number of rotatable bonds is 5. The van der Waals surface area contributed by atoms with E-state index in [0.29, 0.717) is 10.6 Å². The van der Waals surface area contributed by atoms with Crippen molar-refractivity contribution in [2.45, 2.75) is 26.4 Å². The van der Waals surface area contributed by atoms with E-state index in [1.54, 1.807) is 4.57 Å². The van der Waals surface area contributed by atoms with Crippen molar-refractivity contribution in [3.05, 3.63) is 82.6 Å². The third-order valence-corrected chi connectivity index (χ3v) is 5.35. The smallest absolute Gasteiger partial charge is 0.240 e. The average molecular weight is 403 g/mol. The predicted molar refractivity (Wildman–Crippen MR) is 118 cm³/mol. The lowest BCUT2D eigenvalue weighted by Crippen LogP contribution is -2.30. The lowest BCUT2D eigenvalue weighted by atomic mass is 10.00. The molecule has 0 spiro atoms. The normalized spacial score (nSPS) is 12.1. The Balaban J connectivity index is 1.55. The Morgan fingerprint density at radius 1 is 1.10 bits per heavy atom. The number of aryl methyl sites for hydroxylation is 1. The van der Waals surface area contributed by atoms with Gasteiger partial charge in [0.25, 0.3) is 0 Å². The number of aromatic amines is 1. The molecule has 0 aliphatic heterocycles. The van der Waals surface area contributed by atoms with Crippen LogP contribution in [0.1, 0.15) is 24.1 Å². The highest BCUT2D eigenvalue weighted by Crippen LogP contribution is 2.24. The lowest BCUT2D eigenvalue weighted by Gasteiger charge is -2.17. The predicted octanol–water partition coefficient (Wildman–Crippen LogP) is 4.95. The molecule has 4 aromatic rings. The summed E-state index contributed by atoms with van der Waals surface area (Å²) in [4.78, 5) is 12.8. The molecule has 4 rings (SSSR count). The number of carbonyl (C=O) groups is 1. The Bertz CT molecular complexity index is 1220. The minimum Gasteiger partial charge on any atom is -0.348 e. The number of amides is 1. The zero-order chi connectivity index (χ0) is 20.4. The number of nitrogens with one attached hydrogen (secondary N) is 2. The highest BCUT2D eigenvalue weighted by molar-refractivity contribution is 7.71. The van der Waals surface area contributed by atoms with Gasteiger partial charge in [0.05, 0.1) is 6.04 Å². The van der Waals surface area contributed by atoms with Gasteiger partial charge in [-0.05, 0) is 42.4 Å². The summed E-state index contributed by atoms with van der Waals surface area (Å²) in [6.45, 7) is 4.13. The van der Waals surface area contributed by atoms with E-state index in [2.05, 4.69) is 39.8 Å². The molecule has 0 aliphatic carbocycles. The minimum atomic E-state index is -0.127. The van der Waals surface area contributed by atoms with Gasteiger partial charge in [0, 0.05) is 5.56 Å². The first-order valence-corrected chi connectivity index (χ1v) is 9.93. The average Bonchev–Trinajstić information content (AvgIpc) is 3.08. The molecule has 3 aromatic carbocycles. The molecule has 0 fully saturated rings. The van der Waals surface area contributed by atoms with E-state index in [1.807, 2.05) is 56.3 Å². The number of hydrogen-bond acceptors (Lipinski definition) is 3. The van der Waals surface area contributed by atoms with E-state index < -0.39 is 0 Å². The fourth-order valence-electron chi connectivity index (χ4n) is 3.52. The van der Waals surface area contributed by atoms with Gasteiger partial charge in [0.2, 0.25) is 5.91 Å². The molecule has 6 heteroatoms. The van der Waals surface area contributed by atoms with Crippen LogP contribution in [-0.4, -0.2) is 20.7 Å². The van der Waals surface area contributed by atoms with Crippen molar-refractivity contribution in [2.75, 3.05) is 0 Å². The largest absolute Gasteiger partial charge is 0.348 e.